The largest absolute Gasteiger partial charge is 0.487 e. The van der Waals surface area contributed by atoms with Gasteiger partial charge in [-0.25, -0.2) is 9.97 Å². The van der Waals surface area contributed by atoms with Crippen LogP contribution in [0, 0.1) is 0 Å². The molecular weight excluding hydrogens is 436 g/mol. The zero-order valence-electron chi connectivity index (χ0n) is 19.1. The van der Waals surface area contributed by atoms with Crippen LogP contribution in [0.1, 0.15) is 0 Å². The average molecular weight is 463 g/mol. The molecule has 2 aromatic carbocycles. The van der Waals surface area contributed by atoms with Gasteiger partial charge < -0.3 is 29.0 Å². The van der Waals surface area contributed by atoms with E-state index < -0.39 is 0 Å². The highest BCUT2D eigenvalue weighted by Gasteiger charge is 2.13. The first kappa shape index (κ1) is 23.2. The molecule has 0 atom stereocenters. The number of fused-ring (bicyclic) bond motifs is 1. The zero-order valence-corrected chi connectivity index (χ0v) is 19.1. The van der Waals surface area contributed by atoms with Crippen LogP contribution >= 0.6 is 0 Å². The molecule has 0 amide bonds. The fourth-order valence-electron chi connectivity index (χ4n) is 3.14. The first-order valence-electron chi connectivity index (χ1n) is 10.7. The fourth-order valence-corrected chi connectivity index (χ4v) is 3.14. The molecule has 0 fully saturated rings. The first-order chi connectivity index (χ1) is 16.8. The summed E-state index contributed by atoms with van der Waals surface area (Å²) in [4.78, 5) is 12.8. The Kier molecular flexibility index (Phi) is 8.04. The number of nitrogens with one attached hydrogen (secondary N) is 1. The lowest BCUT2D eigenvalue weighted by molar-refractivity contribution is 0.132. The van der Waals surface area contributed by atoms with Gasteiger partial charge in [0.05, 0.1) is 18.7 Å². The predicted octanol–water partition coefficient (Wildman–Crippen LogP) is 4.61. The maximum absolute atomic E-state index is 5.90. The minimum absolute atomic E-state index is 0.387. The lowest BCUT2D eigenvalue weighted by Gasteiger charge is -2.15. The molecule has 9 nitrogen and oxygen atoms in total. The van der Waals surface area contributed by atoms with E-state index in [1.165, 1.54) is 6.33 Å². The Labute approximate surface area is 197 Å². The van der Waals surface area contributed by atoms with Gasteiger partial charge in [-0.05, 0) is 42.5 Å². The van der Waals surface area contributed by atoms with E-state index in [0.717, 1.165) is 28.1 Å². The van der Waals surface area contributed by atoms with Crippen LogP contribution < -0.4 is 19.5 Å². The standard InChI is InChI=1S/C25H26N4O5/c1-30-11-13-32-23-15-21-22(16-24(23)33-14-12-31-2)27-17-28-25(21)29-18-3-5-19(6-4-18)34-20-7-9-26-10-8-20/h3-10,15-17H,11-14H2,1-2H3,(H,27,28,29). The van der Waals surface area contributed by atoms with Gasteiger partial charge >= 0.3 is 0 Å². The Morgan fingerprint density at radius 1 is 0.735 bits per heavy atom. The molecule has 2 heterocycles. The maximum atomic E-state index is 5.90. The summed E-state index contributed by atoms with van der Waals surface area (Å²) in [5.74, 6) is 3.26. The van der Waals surface area contributed by atoms with Crippen molar-refractivity contribution in [1.29, 1.82) is 0 Å². The number of aromatic nitrogens is 3. The van der Waals surface area contributed by atoms with E-state index in [9.17, 15) is 0 Å². The summed E-state index contributed by atoms with van der Waals surface area (Å²) in [5.41, 5.74) is 1.57. The highest BCUT2D eigenvalue weighted by atomic mass is 16.5. The summed E-state index contributed by atoms with van der Waals surface area (Å²) in [6.45, 7) is 1.71. The van der Waals surface area contributed by atoms with Gasteiger partial charge in [-0.2, -0.15) is 0 Å². The smallest absolute Gasteiger partial charge is 0.163 e. The molecule has 34 heavy (non-hydrogen) atoms. The van der Waals surface area contributed by atoms with Crippen molar-refractivity contribution in [2.24, 2.45) is 0 Å². The van der Waals surface area contributed by atoms with Crippen LogP contribution in [0.4, 0.5) is 11.5 Å². The molecule has 0 saturated carbocycles. The second-order valence-electron chi connectivity index (χ2n) is 7.16. The van der Waals surface area contributed by atoms with Crippen molar-refractivity contribution in [3.8, 4) is 23.0 Å². The van der Waals surface area contributed by atoms with Crippen molar-refractivity contribution < 1.29 is 23.7 Å². The predicted molar refractivity (Wildman–Crippen MR) is 128 cm³/mol. The van der Waals surface area contributed by atoms with Gasteiger partial charge in [-0.3, -0.25) is 4.98 Å². The third kappa shape index (κ3) is 6.09. The molecule has 0 unspecified atom stereocenters. The Balaban J connectivity index is 1.56. The van der Waals surface area contributed by atoms with Crippen LogP contribution in [0.25, 0.3) is 10.9 Å². The number of rotatable bonds is 12. The van der Waals surface area contributed by atoms with Gasteiger partial charge in [0.15, 0.2) is 11.5 Å². The van der Waals surface area contributed by atoms with Gasteiger partial charge in [-0.15, -0.1) is 0 Å². The Morgan fingerprint density at radius 3 is 2.06 bits per heavy atom. The Morgan fingerprint density at radius 2 is 1.38 bits per heavy atom. The molecule has 0 aliphatic heterocycles. The molecule has 176 valence electrons. The van der Waals surface area contributed by atoms with Gasteiger partial charge in [0.1, 0.15) is 36.9 Å². The highest BCUT2D eigenvalue weighted by molar-refractivity contribution is 5.93. The van der Waals surface area contributed by atoms with Crippen molar-refractivity contribution in [2.75, 3.05) is 46.0 Å². The summed E-state index contributed by atoms with van der Waals surface area (Å²) >= 11 is 0. The number of anilines is 2. The molecule has 0 aliphatic carbocycles. The van der Waals surface area contributed by atoms with Gasteiger partial charge in [-0.1, -0.05) is 0 Å². The van der Waals surface area contributed by atoms with Crippen molar-refractivity contribution in [3.05, 3.63) is 67.3 Å². The number of benzene rings is 2. The number of hydrogen-bond acceptors (Lipinski definition) is 9. The second-order valence-corrected chi connectivity index (χ2v) is 7.16. The summed E-state index contributed by atoms with van der Waals surface area (Å²) < 4.78 is 27.8. The summed E-state index contributed by atoms with van der Waals surface area (Å²) in [6.07, 6.45) is 4.88. The van der Waals surface area contributed by atoms with Crippen LogP contribution in [0.15, 0.2) is 67.3 Å². The van der Waals surface area contributed by atoms with E-state index in [0.29, 0.717) is 43.7 Å². The molecule has 0 spiro atoms. The zero-order chi connectivity index (χ0) is 23.6. The average Bonchev–Trinajstić information content (AvgIpc) is 2.86. The molecule has 9 heteroatoms. The summed E-state index contributed by atoms with van der Waals surface area (Å²) in [6, 6.07) is 14.9. The van der Waals surface area contributed by atoms with E-state index in [-0.39, 0.29) is 0 Å². The third-order valence-corrected chi connectivity index (χ3v) is 4.79. The quantitative estimate of drug-likeness (QED) is 0.303. The first-order valence-corrected chi connectivity index (χ1v) is 10.7. The van der Waals surface area contributed by atoms with Gasteiger partial charge in [0, 0.05) is 43.8 Å². The van der Waals surface area contributed by atoms with E-state index in [1.807, 2.05) is 36.4 Å². The molecule has 4 rings (SSSR count). The second kappa shape index (κ2) is 11.8. The van der Waals surface area contributed by atoms with Crippen molar-refractivity contribution >= 4 is 22.4 Å². The SMILES string of the molecule is COCCOc1cc2ncnc(Nc3ccc(Oc4ccncc4)cc3)c2cc1OCCOC. The van der Waals surface area contributed by atoms with E-state index in [2.05, 4.69) is 20.3 Å². The van der Waals surface area contributed by atoms with Crippen LogP contribution in [0.5, 0.6) is 23.0 Å². The molecular formula is C25H26N4O5. The molecule has 4 aromatic rings. The van der Waals surface area contributed by atoms with Crippen molar-refractivity contribution in [2.45, 2.75) is 0 Å². The maximum Gasteiger partial charge on any atom is 0.163 e. The minimum Gasteiger partial charge on any atom is -0.487 e. The molecule has 0 radical (unpaired) electrons. The minimum atomic E-state index is 0.387. The lowest BCUT2D eigenvalue weighted by atomic mass is 10.2. The number of nitrogens with zero attached hydrogens (tertiary/aromatic N) is 3. The lowest BCUT2D eigenvalue weighted by Crippen LogP contribution is -2.09. The van der Waals surface area contributed by atoms with Crippen LogP contribution in [0.2, 0.25) is 0 Å². The van der Waals surface area contributed by atoms with E-state index in [1.54, 1.807) is 38.7 Å². The van der Waals surface area contributed by atoms with E-state index >= 15 is 0 Å². The van der Waals surface area contributed by atoms with Crippen molar-refractivity contribution in [3.63, 3.8) is 0 Å². The topological polar surface area (TPSA) is 96.9 Å². The molecule has 0 aliphatic rings. The Hall–Kier alpha value is -3.95. The Bertz CT molecular complexity index is 1190. The number of ether oxygens (including phenoxy) is 5. The highest BCUT2D eigenvalue weighted by Crippen LogP contribution is 2.35. The van der Waals surface area contributed by atoms with E-state index in [4.69, 9.17) is 23.7 Å². The van der Waals surface area contributed by atoms with Gasteiger partial charge in [0.2, 0.25) is 0 Å². The number of methoxy groups -OCH3 is 2. The monoisotopic (exact) mass is 462 g/mol. The van der Waals surface area contributed by atoms with Crippen molar-refractivity contribution in [1.82, 2.24) is 15.0 Å². The molecule has 0 bridgehead atoms. The van der Waals surface area contributed by atoms with Crippen LogP contribution in [0.3, 0.4) is 0 Å². The number of pyridine rings is 1. The third-order valence-electron chi connectivity index (χ3n) is 4.79. The molecule has 2 aromatic heterocycles. The summed E-state index contributed by atoms with van der Waals surface area (Å²) in [5, 5.41) is 4.14. The van der Waals surface area contributed by atoms with Crippen LogP contribution in [-0.2, 0) is 9.47 Å². The normalized spacial score (nSPS) is 10.8. The van der Waals surface area contributed by atoms with Gasteiger partial charge in [0.25, 0.3) is 0 Å². The molecule has 1 N–H and O–H groups in total. The summed E-state index contributed by atoms with van der Waals surface area (Å²) in [7, 11) is 3.26. The van der Waals surface area contributed by atoms with Crippen LogP contribution in [-0.4, -0.2) is 55.6 Å². The number of hydrogen-bond donors (Lipinski definition) is 1. The fraction of sp³-hybridized carbons (Fsp3) is 0.240. The molecule has 0 saturated heterocycles.